The van der Waals surface area contributed by atoms with Gasteiger partial charge in [0.15, 0.2) is 11.5 Å². The van der Waals surface area contributed by atoms with Gasteiger partial charge in [0, 0.05) is 22.3 Å². The Kier molecular flexibility index (Phi) is 3.65. The molecule has 2 aliphatic rings. The van der Waals surface area contributed by atoms with Crippen LogP contribution in [-0.4, -0.2) is 24.5 Å². The second-order valence-electron chi connectivity index (χ2n) is 5.71. The number of rotatable bonds is 1. The van der Waals surface area contributed by atoms with Crippen LogP contribution in [0.15, 0.2) is 47.4 Å². The summed E-state index contributed by atoms with van der Waals surface area (Å²) in [7, 11) is 0. The molecule has 0 aromatic heterocycles. The summed E-state index contributed by atoms with van der Waals surface area (Å²) in [5, 5.41) is 0.491. The fourth-order valence-electron chi connectivity index (χ4n) is 2.88. The highest BCUT2D eigenvalue weighted by Crippen LogP contribution is 2.39. The number of hydrogen-bond donors (Lipinski definition) is 0. The number of amides is 1. The molecule has 2 aliphatic heterocycles. The van der Waals surface area contributed by atoms with E-state index in [-0.39, 0.29) is 12.7 Å². The molecule has 0 fully saturated rings. The molecule has 23 heavy (non-hydrogen) atoms. The van der Waals surface area contributed by atoms with Crippen LogP contribution in [0.25, 0.3) is 0 Å². The molecule has 1 amide bonds. The summed E-state index contributed by atoms with van der Waals surface area (Å²) < 4.78 is 10.7. The quantitative estimate of drug-likeness (QED) is 0.795. The highest BCUT2D eigenvalue weighted by atomic mass is 32.2. The molecule has 0 unspecified atom stereocenters. The number of ether oxygens (including phenoxy) is 2. The Hall–Kier alpha value is -2.14. The molecule has 0 saturated carbocycles. The summed E-state index contributed by atoms with van der Waals surface area (Å²) in [5.74, 6) is 1.34. The Morgan fingerprint density at radius 3 is 2.91 bits per heavy atom. The molecule has 2 aromatic rings. The van der Waals surface area contributed by atoms with E-state index in [1.807, 2.05) is 34.9 Å². The number of hydrogen-bond acceptors (Lipinski definition) is 4. The van der Waals surface area contributed by atoms with Gasteiger partial charge in [-0.25, -0.2) is 0 Å². The number of carbonyl (C=O) groups is 1. The van der Waals surface area contributed by atoms with Gasteiger partial charge >= 0.3 is 0 Å². The molecular weight excluding hydrogens is 310 g/mol. The predicted molar refractivity (Wildman–Crippen MR) is 90.6 cm³/mol. The fourth-order valence-corrected chi connectivity index (χ4v) is 4.00. The summed E-state index contributed by atoms with van der Waals surface area (Å²) >= 11 is 1.83. The van der Waals surface area contributed by atoms with Crippen molar-refractivity contribution in [3.8, 4) is 11.5 Å². The molecule has 118 valence electrons. The van der Waals surface area contributed by atoms with Gasteiger partial charge in [-0.15, -0.1) is 11.8 Å². The minimum absolute atomic E-state index is 0.00505. The minimum Gasteiger partial charge on any atom is -0.454 e. The first-order valence-electron chi connectivity index (χ1n) is 7.69. The lowest BCUT2D eigenvalue weighted by molar-refractivity contribution is 0.0986. The van der Waals surface area contributed by atoms with E-state index in [9.17, 15) is 4.79 Å². The van der Waals surface area contributed by atoms with Gasteiger partial charge in [0.05, 0.1) is 5.69 Å². The number of nitrogens with zero attached hydrogens (tertiary/aromatic N) is 1. The molecular formula is C18H17NO3S. The van der Waals surface area contributed by atoms with Gasteiger partial charge in [-0.3, -0.25) is 4.79 Å². The average molecular weight is 327 g/mol. The number of thioether (sulfide) groups is 1. The maximum atomic E-state index is 13.0. The van der Waals surface area contributed by atoms with Crippen molar-refractivity contribution >= 4 is 23.4 Å². The molecule has 2 heterocycles. The van der Waals surface area contributed by atoms with E-state index >= 15 is 0 Å². The van der Waals surface area contributed by atoms with Gasteiger partial charge in [-0.1, -0.05) is 19.1 Å². The van der Waals surface area contributed by atoms with Gasteiger partial charge in [0.1, 0.15) is 0 Å². The maximum Gasteiger partial charge on any atom is 0.258 e. The third-order valence-corrected chi connectivity index (χ3v) is 5.35. The molecule has 0 spiro atoms. The molecule has 0 bridgehead atoms. The number of carbonyl (C=O) groups excluding carboxylic acids is 1. The van der Waals surface area contributed by atoms with Crippen LogP contribution in [0.4, 0.5) is 5.69 Å². The lowest BCUT2D eigenvalue weighted by Crippen LogP contribution is -2.32. The van der Waals surface area contributed by atoms with E-state index in [1.165, 1.54) is 0 Å². The van der Waals surface area contributed by atoms with Gasteiger partial charge in [0.25, 0.3) is 5.91 Å². The topological polar surface area (TPSA) is 38.8 Å². The zero-order chi connectivity index (χ0) is 15.8. The Labute approximate surface area is 139 Å². The maximum absolute atomic E-state index is 13.0. The van der Waals surface area contributed by atoms with E-state index in [0.717, 1.165) is 23.5 Å². The monoisotopic (exact) mass is 327 g/mol. The predicted octanol–water partition coefficient (Wildman–Crippen LogP) is 3.95. The van der Waals surface area contributed by atoms with E-state index in [1.54, 1.807) is 18.2 Å². The fraction of sp³-hybridized carbons (Fsp3) is 0.278. The Bertz CT molecular complexity index is 762. The molecule has 2 aromatic carbocycles. The largest absolute Gasteiger partial charge is 0.454 e. The molecule has 0 saturated heterocycles. The van der Waals surface area contributed by atoms with Gasteiger partial charge < -0.3 is 14.4 Å². The molecule has 4 nitrogen and oxygen atoms in total. The van der Waals surface area contributed by atoms with Gasteiger partial charge in [-0.2, -0.15) is 0 Å². The van der Waals surface area contributed by atoms with Crippen LogP contribution in [0.2, 0.25) is 0 Å². The third-order valence-electron chi connectivity index (χ3n) is 4.11. The first-order valence-corrected chi connectivity index (χ1v) is 8.57. The second kappa shape index (κ2) is 5.81. The van der Waals surface area contributed by atoms with Crippen LogP contribution in [0.3, 0.4) is 0 Å². The molecule has 0 N–H and O–H groups in total. The highest BCUT2D eigenvalue weighted by molar-refractivity contribution is 8.00. The standard InChI is InChI=1S/C18H17NO3S/c1-12-8-9-19(14-4-2-3-5-17(14)23-12)18(20)13-6-7-15-16(10-13)22-11-21-15/h2-7,10,12H,8-9,11H2,1H3/t12-/m1/s1. The van der Waals surface area contributed by atoms with Crippen molar-refractivity contribution in [2.45, 2.75) is 23.5 Å². The molecule has 0 radical (unpaired) electrons. The third kappa shape index (κ3) is 2.65. The van der Waals surface area contributed by atoms with Crippen LogP contribution < -0.4 is 14.4 Å². The number of anilines is 1. The Morgan fingerprint density at radius 1 is 1.17 bits per heavy atom. The summed E-state index contributed by atoms with van der Waals surface area (Å²) in [5.41, 5.74) is 1.62. The molecule has 4 rings (SSSR count). The zero-order valence-electron chi connectivity index (χ0n) is 12.8. The van der Waals surface area contributed by atoms with Crippen LogP contribution in [0.1, 0.15) is 23.7 Å². The average Bonchev–Trinajstić information content (AvgIpc) is 2.96. The highest BCUT2D eigenvalue weighted by Gasteiger charge is 2.26. The zero-order valence-corrected chi connectivity index (χ0v) is 13.6. The van der Waals surface area contributed by atoms with Crippen molar-refractivity contribution < 1.29 is 14.3 Å². The first kappa shape index (κ1) is 14.5. The number of benzene rings is 2. The van der Waals surface area contributed by atoms with Crippen molar-refractivity contribution in [2.75, 3.05) is 18.2 Å². The van der Waals surface area contributed by atoms with E-state index < -0.39 is 0 Å². The summed E-state index contributed by atoms with van der Waals surface area (Å²) in [6, 6.07) is 13.5. The van der Waals surface area contributed by atoms with Crippen molar-refractivity contribution in [2.24, 2.45) is 0 Å². The van der Waals surface area contributed by atoms with E-state index in [4.69, 9.17) is 9.47 Å². The van der Waals surface area contributed by atoms with Crippen molar-refractivity contribution in [1.29, 1.82) is 0 Å². The van der Waals surface area contributed by atoms with E-state index in [2.05, 4.69) is 13.0 Å². The van der Waals surface area contributed by atoms with Crippen LogP contribution in [0, 0.1) is 0 Å². The van der Waals surface area contributed by atoms with Crippen molar-refractivity contribution in [1.82, 2.24) is 0 Å². The smallest absolute Gasteiger partial charge is 0.258 e. The summed E-state index contributed by atoms with van der Waals surface area (Å²) in [6.45, 7) is 3.14. The molecule has 5 heteroatoms. The van der Waals surface area contributed by atoms with Crippen molar-refractivity contribution in [3.63, 3.8) is 0 Å². The molecule has 1 atom stereocenters. The van der Waals surface area contributed by atoms with Crippen LogP contribution >= 0.6 is 11.8 Å². The number of para-hydroxylation sites is 1. The van der Waals surface area contributed by atoms with Gasteiger partial charge in [0.2, 0.25) is 6.79 Å². The Balaban J connectivity index is 1.70. The SMILES string of the molecule is C[C@@H]1CCN(C(=O)c2ccc3c(c2)OCO3)c2ccccc2S1. The summed E-state index contributed by atoms with van der Waals surface area (Å²) in [4.78, 5) is 16.1. The van der Waals surface area contributed by atoms with Crippen LogP contribution in [-0.2, 0) is 0 Å². The van der Waals surface area contributed by atoms with Gasteiger partial charge in [-0.05, 0) is 36.8 Å². The Morgan fingerprint density at radius 2 is 2.00 bits per heavy atom. The molecule has 0 aliphatic carbocycles. The lowest BCUT2D eigenvalue weighted by atomic mass is 10.1. The summed E-state index contributed by atoms with van der Waals surface area (Å²) in [6.07, 6.45) is 0.968. The minimum atomic E-state index is 0.00505. The second-order valence-corrected chi connectivity index (χ2v) is 7.19. The number of fused-ring (bicyclic) bond motifs is 2. The van der Waals surface area contributed by atoms with Crippen LogP contribution in [0.5, 0.6) is 11.5 Å². The van der Waals surface area contributed by atoms with E-state index in [0.29, 0.717) is 22.3 Å². The first-order chi connectivity index (χ1) is 11.2. The normalized spacial score (nSPS) is 19.2. The lowest BCUT2D eigenvalue weighted by Gasteiger charge is -2.22. The van der Waals surface area contributed by atoms with Crippen molar-refractivity contribution in [3.05, 3.63) is 48.0 Å².